The Morgan fingerprint density at radius 2 is 1.74 bits per heavy atom. The zero-order chi connectivity index (χ0) is 13.8. The maximum Gasteiger partial charge on any atom is 0.127 e. The van der Waals surface area contributed by atoms with Gasteiger partial charge in [0, 0.05) is 32.4 Å². The topological polar surface area (TPSA) is 19.4 Å². The molecule has 0 saturated carbocycles. The van der Waals surface area contributed by atoms with Gasteiger partial charge in [-0.2, -0.15) is 0 Å². The summed E-state index contributed by atoms with van der Waals surface area (Å²) in [6, 6.07) is 12.8. The molecule has 0 N–H and O–H groups in total. The third-order valence-corrected chi connectivity index (χ3v) is 2.97. The van der Waals surface area contributed by atoms with Crippen molar-refractivity contribution >= 4 is 5.82 Å². The summed E-state index contributed by atoms with van der Waals surface area (Å²) in [5, 5.41) is 0. The fraction of sp³-hybridized carbons (Fsp3) is 0.312. The zero-order valence-corrected chi connectivity index (χ0v) is 12.1. The Labute approximate surface area is 115 Å². The van der Waals surface area contributed by atoms with Crippen LogP contribution in [0, 0.1) is 0 Å². The van der Waals surface area contributed by atoms with Crippen molar-refractivity contribution in [3.05, 3.63) is 48.2 Å². The van der Waals surface area contributed by atoms with Crippen LogP contribution in [0.15, 0.2) is 42.6 Å². The molecule has 0 unspecified atom stereocenters. The lowest BCUT2D eigenvalue weighted by atomic mass is 10.0. The summed E-state index contributed by atoms with van der Waals surface area (Å²) >= 11 is 0. The van der Waals surface area contributed by atoms with Crippen molar-refractivity contribution in [2.45, 2.75) is 6.54 Å². The lowest BCUT2D eigenvalue weighted by molar-refractivity contribution is 0.402. The van der Waals surface area contributed by atoms with Crippen molar-refractivity contribution in [3.63, 3.8) is 0 Å². The highest BCUT2D eigenvalue weighted by atomic mass is 15.1. The Morgan fingerprint density at radius 1 is 0.947 bits per heavy atom. The fourth-order valence-corrected chi connectivity index (χ4v) is 2.04. The van der Waals surface area contributed by atoms with Gasteiger partial charge in [0.1, 0.15) is 5.82 Å². The first-order valence-corrected chi connectivity index (χ1v) is 6.43. The number of anilines is 1. The van der Waals surface area contributed by atoms with Gasteiger partial charge in [-0.25, -0.2) is 4.98 Å². The molecule has 3 nitrogen and oxygen atoms in total. The van der Waals surface area contributed by atoms with E-state index in [-0.39, 0.29) is 0 Å². The van der Waals surface area contributed by atoms with Gasteiger partial charge in [0.25, 0.3) is 0 Å². The minimum atomic E-state index is 0.955. The molecule has 0 amide bonds. The molecule has 1 aromatic heterocycles. The molecular formula is C16H21N3. The average Bonchev–Trinajstić information content (AvgIpc) is 2.38. The normalized spacial score (nSPS) is 10.8. The van der Waals surface area contributed by atoms with Gasteiger partial charge in [-0.1, -0.05) is 18.2 Å². The molecule has 0 saturated heterocycles. The Morgan fingerprint density at radius 3 is 2.32 bits per heavy atom. The Hall–Kier alpha value is -1.87. The van der Waals surface area contributed by atoms with E-state index in [0.717, 1.165) is 17.9 Å². The Balaban J connectivity index is 2.26. The maximum atomic E-state index is 4.46. The molecule has 0 spiro atoms. The van der Waals surface area contributed by atoms with Crippen molar-refractivity contribution in [1.29, 1.82) is 0 Å². The SMILES string of the molecule is CN(C)Cc1cccc(-c2ccc(N(C)C)nc2)c1. The molecule has 0 fully saturated rings. The van der Waals surface area contributed by atoms with Crippen LogP contribution in [-0.4, -0.2) is 38.1 Å². The van der Waals surface area contributed by atoms with Crippen LogP contribution in [0.2, 0.25) is 0 Å². The Bertz CT molecular complexity index is 530. The molecule has 2 rings (SSSR count). The van der Waals surface area contributed by atoms with E-state index in [4.69, 9.17) is 0 Å². The summed E-state index contributed by atoms with van der Waals surface area (Å²) in [4.78, 5) is 8.64. The summed E-state index contributed by atoms with van der Waals surface area (Å²) in [7, 11) is 8.17. The predicted octanol–water partition coefficient (Wildman–Crippen LogP) is 2.88. The molecule has 1 heterocycles. The Kier molecular flexibility index (Phi) is 4.17. The lowest BCUT2D eigenvalue weighted by Gasteiger charge is -2.13. The summed E-state index contributed by atoms with van der Waals surface area (Å²) in [6.07, 6.45) is 1.93. The van der Waals surface area contributed by atoms with E-state index in [1.807, 2.05) is 31.3 Å². The monoisotopic (exact) mass is 255 g/mol. The predicted molar refractivity (Wildman–Crippen MR) is 81.4 cm³/mol. The van der Waals surface area contributed by atoms with Crippen LogP contribution in [-0.2, 0) is 6.54 Å². The van der Waals surface area contributed by atoms with Crippen molar-refractivity contribution < 1.29 is 0 Å². The van der Waals surface area contributed by atoms with Crippen molar-refractivity contribution in [2.75, 3.05) is 33.1 Å². The lowest BCUT2D eigenvalue weighted by Crippen LogP contribution is -2.10. The standard InChI is InChI=1S/C16H21N3/c1-18(2)12-13-6-5-7-14(10-13)15-8-9-16(17-11-15)19(3)4/h5-11H,12H2,1-4H3. The van der Waals surface area contributed by atoms with Gasteiger partial charge in [-0.15, -0.1) is 0 Å². The minimum Gasteiger partial charge on any atom is -0.363 e. The first-order chi connectivity index (χ1) is 9.06. The molecule has 0 aliphatic rings. The average molecular weight is 255 g/mol. The highest BCUT2D eigenvalue weighted by molar-refractivity contribution is 5.64. The van der Waals surface area contributed by atoms with E-state index in [9.17, 15) is 0 Å². The molecule has 0 aliphatic heterocycles. The smallest absolute Gasteiger partial charge is 0.127 e. The van der Waals surface area contributed by atoms with E-state index in [1.165, 1.54) is 11.1 Å². The number of benzene rings is 1. The summed E-state index contributed by atoms with van der Waals surface area (Å²) in [6.45, 7) is 0.955. The summed E-state index contributed by atoms with van der Waals surface area (Å²) in [5.74, 6) is 0.980. The quantitative estimate of drug-likeness (QED) is 0.837. The summed E-state index contributed by atoms with van der Waals surface area (Å²) in [5.41, 5.74) is 3.70. The number of nitrogens with zero attached hydrogens (tertiary/aromatic N) is 3. The van der Waals surface area contributed by atoms with Crippen LogP contribution in [0.1, 0.15) is 5.56 Å². The van der Waals surface area contributed by atoms with Gasteiger partial charge < -0.3 is 9.80 Å². The van der Waals surface area contributed by atoms with Crippen LogP contribution in [0.5, 0.6) is 0 Å². The zero-order valence-electron chi connectivity index (χ0n) is 12.1. The van der Waals surface area contributed by atoms with Gasteiger partial charge >= 0.3 is 0 Å². The molecule has 2 aromatic rings. The number of hydrogen-bond donors (Lipinski definition) is 0. The fourth-order valence-electron chi connectivity index (χ4n) is 2.04. The number of hydrogen-bond acceptors (Lipinski definition) is 3. The first kappa shape index (κ1) is 13.6. The molecule has 0 aliphatic carbocycles. The first-order valence-electron chi connectivity index (χ1n) is 6.43. The molecule has 0 atom stereocenters. The molecule has 19 heavy (non-hydrogen) atoms. The van der Waals surface area contributed by atoms with E-state index < -0.39 is 0 Å². The van der Waals surface area contributed by atoms with Crippen LogP contribution < -0.4 is 4.90 Å². The van der Waals surface area contributed by atoms with Crippen molar-refractivity contribution in [3.8, 4) is 11.1 Å². The number of rotatable bonds is 4. The van der Waals surface area contributed by atoms with Crippen LogP contribution in [0.25, 0.3) is 11.1 Å². The van der Waals surface area contributed by atoms with Crippen molar-refractivity contribution in [2.24, 2.45) is 0 Å². The van der Waals surface area contributed by atoms with E-state index in [2.05, 4.69) is 54.3 Å². The highest BCUT2D eigenvalue weighted by Gasteiger charge is 2.02. The molecule has 3 heteroatoms. The van der Waals surface area contributed by atoms with E-state index in [0.29, 0.717) is 0 Å². The molecular weight excluding hydrogens is 234 g/mol. The van der Waals surface area contributed by atoms with Gasteiger partial charge in [-0.05, 0) is 43.4 Å². The van der Waals surface area contributed by atoms with E-state index in [1.54, 1.807) is 0 Å². The largest absolute Gasteiger partial charge is 0.363 e. The second-order valence-electron chi connectivity index (χ2n) is 5.24. The molecule has 1 aromatic carbocycles. The highest BCUT2D eigenvalue weighted by Crippen LogP contribution is 2.21. The minimum absolute atomic E-state index is 0.955. The molecule has 100 valence electrons. The summed E-state index contributed by atoms with van der Waals surface area (Å²) < 4.78 is 0. The van der Waals surface area contributed by atoms with Crippen LogP contribution in [0.4, 0.5) is 5.82 Å². The maximum absolute atomic E-state index is 4.46. The van der Waals surface area contributed by atoms with Crippen LogP contribution in [0.3, 0.4) is 0 Å². The van der Waals surface area contributed by atoms with Crippen molar-refractivity contribution in [1.82, 2.24) is 9.88 Å². The van der Waals surface area contributed by atoms with Crippen LogP contribution >= 0.6 is 0 Å². The van der Waals surface area contributed by atoms with Gasteiger partial charge in [0.2, 0.25) is 0 Å². The molecule has 0 bridgehead atoms. The van der Waals surface area contributed by atoms with Gasteiger partial charge in [0.05, 0.1) is 0 Å². The van der Waals surface area contributed by atoms with E-state index >= 15 is 0 Å². The number of pyridine rings is 1. The second kappa shape index (κ2) is 5.85. The molecule has 0 radical (unpaired) electrons. The second-order valence-corrected chi connectivity index (χ2v) is 5.24. The van der Waals surface area contributed by atoms with Gasteiger partial charge in [0.15, 0.2) is 0 Å². The third kappa shape index (κ3) is 3.55. The third-order valence-electron chi connectivity index (χ3n) is 2.97. The number of aromatic nitrogens is 1. The van der Waals surface area contributed by atoms with Gasteiger partial charge in [-0.3, -0.25) is 0 Å².